The van der Waals surface area contributed by atoms with Gasteiger partial charge in [0.1, 0.15) is 10.6 Å². The summed E-state index contributed by atoms with van der Waals surface area (Å²) >= 11 is 0. The highest BCUT2D eigenvalue weighted by molar-refractivity contribution is 7.89. The zero-order valence-electron chi connectivity index (χ0n) is 17.2. The maximum atomic E-state index is 13.2. The van der Waals surface area contributed by atoms with Crippen LogP contribution in [0, 0.1) is 13.8 Å². The highest BCUT2D eigenvalue weighted by Crippen LogP contribution is 2.29. The number of amides is 1. The number of hydrogen-bond acceptors (Lipinski definition) is 5. The van der Waals surface area contributed by atoms with Crippen LogP contribution in [0.1, 0.15) is 21.5 Å². The standard InChI is InChI=1S/C21H27N3O4S/c1-15-11-16(2)13-18(12-15)22-21(25)17-5-6-19(28-4)20(14-17)29(26,27)24-9-7-23(3)8-10-24/h5-6,11-14H,7-10H2,1-4H3,(H,22,25). The van der Waals surface area contributed by atoms with E-state index in [1.54, 1.807) is 6.07 Å². The molecular weight excluding hydrogens is 390 g/mol. The average Bonchev–Trinajstić information content (AvgIpc) is 2.67. The predicted molar refractivity (Wildman–Crippen MR) is 113 cm³/mol. The van der Waals surface area contributed by atoms with E-state index < -0.39 is 10.0 Å². The molecule has 1 aliphatic heterocycles. The van der Waals surface area contributed by atoms with Gasteiger partial charge in [0.05, 0.1) is 7.11 Å². The molecule has 1 aliphatic rings. The maximum absolute atomic E-state index is 13.2. The van der Waals surface area contributed by atoms with Crippen molar-refractivity contribution >= 4 is 21.6 Å². The van der Waals surface area contributed by atoms with E-state index in [2.05, 4.69) is 10.2 Å². The molecule has 0 aliphatic carbocycles. The highest BCUT2D eigenvalue weighted by atomic mass is 32.2. The van der Waals surface area contributed by atoms with Crippen LogP contribution in [0.4, 0.5) is 5.69 Å². The SMILES string of the molecule is COc1ccc(C(=O)Nc2cc(C)cc(C)c2)cc1S(=O)(=O)N1CCN(C)CC1. The number of carbonyl (C=O) groups excluding carboxylic acids is 1. The largest absolute Gasteiger partial charge is 0.495 e. The molecule has 2 aromatic carbocycles. The van der Waals surface area contributed by atoms with Gasteiger partial charge in [0.15, 0.2) is 0 Å². The Labute approximate surface area is 172 Å². The molecule has 0 aromatic heterocycles. The average molecular weight is 418 g/mol. The van der Waals surface area contributed by atoms with E-state index in [1.807, 2.05) is 39.1 Å². The molecule has 0 spiro atoms. The summed E-state index contributed by atoms with van der Waals surface area (Å²) in [7, 11) is -0.384. The third kappa shape index (κ3) is 4.77. The Balaban J connectivity index is 1.91. The summed E-state index contributed by atoms with van der Waals surface area (Å²) in [4.78, 5) is 14.9. The summed E-state index contributed by atoms with van der Waals surface area (Å²) < 4.78 is 33.1. The van der Waals surface area contributed by atoms with Gasteiger partial charge in [-0.05, 0) is 62.4 Å². The first kappa shape index (κ1) is 21.3. The molecule has 0 unspecified atom stereocenters. The van der Waals surface area contributed by atoms with E-state index >= 15 is 0 Å². The summed E-state index contributed by atoms with van der Waals surface area (Å²) in [5.74, 6) is -0.139. The molecule has 0 atom stereocenters. The third-order valence-electron chi connectivity index (χ3n) is 4.99. The lowest BCUT2D eigenvalue weighted by Crippen LogP contribution is -2.47. The van der Waals surface area contributed by atoms with Crippen LogP contribution in [0.2, 0.25) is 0 Å². The fourth-order valence-electron chi connectivity index (χ4n) is 3.44. The molecule has 1 fully saturated rings. The minimum absolute atomic E-state index is 0.0117. The fraction of sp³-hybridized carbons (Fsp3) is 0.381. The van der Waals surface area contributed by atoms with Crippen molar-refractivity contribution in [2.45, 2.75) is 18.7 Å². The fourth-order valence-corrected chi connectivity index (χ4v) is 5.04. The van der Waals surface area contributed by atoms with Gasteiger partial charge >= 0.3 is 0 Å². The first-order chi connectivity index (χ1) is 13.7. The van der Waals surface area contributed by atoms with E-state index in [-0.39, 0.29) is 22.1 Å². The Morgan fingerprint density at radius 1 is 1.00 bits per heavy atom. The predicted octanol–water partition coefficient (Wildman–Crippen LogP) is 2.50. The molecular formula is C21H27N3O4S. The molecule has 0 radical (unpaired) electrons. The van der Waals surface area contributed by atoms with Crippen LogP contribution in [0.25, 0.3) is 0 Å². The van der Waals surface area contributed by atoms with Crippen molar-refractivity contribution in [2.75, 3.05) is 45.7 Å². The number of ether oxygens (including phenoxy) is 1. The molecule has 0 bridgehead atoms. The highest BCUT2D eigenvalue weighted by Gasteiger charge is 2.30. The molecule has 0 saturated carbocycles. The Morgan fingerprint density at radius 3 is 2.21 bits per heavy atom. The number of benzene rings is 2. The van der Waals surface area contributed by atoms with Crippen LogP contribution in [0.3, 0.4) is 0 Å². The Morgan fingerprint density at radius 2 is 1.62 bits per heavy atom. The van der Waals surface area contributed by atoms with Gasteiger partial charge in [0, 0.05) is 37.4 Å². The van der Waals surface area contributed by atoms with Crippen molar-refractivity contribution in [3.05, 3.63) is 53.1 Å². The van der Waals surface area contributed by atoms with E-state index in [0.29, 0.717) is 31.9 Å². The molecule has 8 heteroatoms. The van der Waals surface area contributed by atoms with Crippen molar-refractivity contribution in [3.8, 4) is 5.75 Å². The minimum atomic E-state index is -3.77. The van der Waals surface area contributed by atoms with Gasteiger partial charge in [-0.2, -0.15) is 4.31 Å². The summed E-state index contributed by atoms with van der Waals surface area (Å²) in [6, 6.07) is 10.3. The zero-order valence-corrected chi connectivity index (χ0v) is 18.0. The lowest BCUT2D eigenvalue weighted by atomic mass is 10.1. The first-order valence-electron chi connectivity index (χ1n) is 9.47. The lowest BCUT2D eigenvalue weighted by molar-refractivity contribution is 0.102. The number of carbonyl (C=O) groups is 1. The summed E-state index contributed by atoms with van der Waals surface area (Å²) in [6.45, 7) is 6.04. The van der Waals surface area contributed by atoms with Crippen molar-refractivity contribution < 1.29 is 17.9 Å². The van der Waals surface area contributed by atoms with Crippen LogP contribution < -0.4 is 10.1 Å². The Bertz CT molecular complexity index is 992. The first-order valence-corrected chi connectivity index (χ1v) is 10.9. The third-order valence-corrected chi connectivity index (χ3v) is 6.91. The number of nitrogens with one attached hydrogen (secondary N) is 1. The number of hydrogen-bond donors (Lipinski definition) is 1. The van der Waals surface area contributed by atoms with E-state index in [4.69, 9.17) is 4.74 Å². The van der Waals surface area contributed by atoms with Crippen LogP contribution in [-0.2, 0) is 10.0 Å². The van der Waals surface area contributed by atoms with Gasteiger partial charge < -0.3 is 15.0 Å². The molecule has 1 heterocycles. The van der Waals surface area contributed by atoms with Gasteiger partial charge in [0.2, 0.25) is 10.0 Å². The Hall–Kier alpha value is -2.42. The smallest absolute Gasteiger partial charge is 0.255 e. The second-order valence-corrected chi connectivity index (χ2v) is 9.31. The minimum Gasteiger partial charge on any atom is -0.495 e. The monoisotopic (exact) mass is 417 g/mol. The molecule has 1 saturated heterocycles. The molecule has 3 rings (SSSR count). The number of rotatable bonds is 5. The summed E-state index contributed by atoms with van der Waals surface area (Å²) in [5.41, 5.74) is 3.01. The molecule has 2 aromatic rings. The number of likely N-dealkylation sites (N-methyl/N-ethyl adjacent to an activating group) is 1. The molecule has 7 nitrogen and oxygen atoms in total. The number of methoxy groups -OCH3 is 1. The quantitative estimate of drug-likeness (QED) is 0.809. The van der Waals surface area contributed by atoms with Gasteiger partial charge in [-0.3, -0.25) is 4.79 Å². The van der Waals surface area contributed by atoms with Crippen LogP contribution in [0.15, 0.2) is 41.3 Å². The number of piperazine rings is 1. The van der Waals surface area contributed by atoms with Crippen molar-refractivity contribution in [1.82, 2.24) is 9.21 Å². The van der Waals surface area contributed by atoms with Crippen molar-refractivity contribution in [3.63, 3.8) is 0 Å². The number of sulfonamides is 1. The van der Waals surface area contributed by atoms with E-state index in [9.17, 15) is 13.2 Å². The Kier molecular flexibility index (Phi) is 6.26. The van der Waals surface area contributed by atoms with Crippen LogP contribution in [-0.4, -0.2) is 63.9 Å². The molecule has 1 amide bonds. The second kappa shape index (κ2) is 8.52. The van der Waals surface area contributed by atoms with Crippen molar-refractivity contribution in [1.29, 1.82) is 0 Å². The van der Waals surface area contributed by atoms with Gasteiger partial charge in [-0.15, -0.1) is 0 Å². The van der Waals surface area contributed by atoms with E-state index in [1.165, 1.54) is 23.5 Å². The molecule has 29 heavy (non-hydrogen) atoms. The maximum Gasteiger partial charge on any atom is 0.255 e. The molecule has 1 N–H and O–H groups in total. The van der Waals surface area contributed by atoms with Crippen LogP contribution in [0.5, 0.6) is 5.75 Å². The lowest BCUT2D eigenvalue weighted by Gasteiger charge is -2.31. The normalized spacial score (nSPS) is 15.9. The second-order valence-electron chi connectivity index (χ2n) is 7.40. The number of aryl methyl sites for hydroxylation is 2. The summed E-state index contributed by atoms with van der Waals surface area (Å²) in [6.07, 6.45) is 0. The zero-order chi connectivity index (χ0) is 21.2. The van der Waals surface area contributed by atoms with E-state index in [0.717, 1.165) is 11.1 Å². The summed E-state index contributed by atoms with van der Waals surface area (Å²) in [5, 5.41) is 2.85. The van der Waals surface area contributed by atoms with Crippen molar-refractivity contribution in [2.24, 2.45) is 0 Å². The molecule has 156 valence electrons. The van der Waals surface area contributed by atoms with Gasteiger partial charge in [-0.25, -0.2) is 8.42 Å². The topological polar surface area (TPSA) is 78.9 Å². The number of anilines is 1. The van der Waals surface area contributed by atoms with Gasteiger partial charge in [-0.1, -0.05) is 6.07 Å². The van der Waals surface area contributed by atoms with Gasteiger partial charge in [0.25, 0.3) is 5.91 Å². The van der Waals surface area contributed by atoms with Crippen LogP contribution >= 0.6 is 0 Å². The number of nitrogens with zero attached hydrogens (tertiary/aromatic N) is 2.